The molecule has 1 aliphatic rings. The number of nitrogens with one attached hydrogen (secondary N) is 2. The summed E-state index contributed by atoms with van der Waals surface area (Å²) >= 11 is 0. The maximum Gasteiger partial charge on any atom is 0.320 e. The van der Waals surface area contributed by atoms with Gasteiger partial charge in [0.15, 0.2) is 5.82 Å². The van der Waals surface area contributed by atoms with Gasteiger partial charge in [-0.3, -0.25) is 10.00 Å². The Morgan fingerprint density at radius 1 is 1.45 bits per heavy atom. The van der Waals surface area contributed by atoms with E-state index in [1.54, 1.807) is 4.68 Å². The number of carbonyl (C=O) groups excluding carboxylic acids is 1. The van der Waals surface area contributed by atoms with Gasteiger partial charge in [0.2, 0.25) is 0 Å². The summed E-state index contributed by atoms with van der Waals surface area (Å²) in [5.74, 6) is 1.61. The molecule has 0 unspecified atom stereocenters. The Morgan fingerprint density at radius 2 is 2.23 bits per heavy atom. The number of aryl methyl sites for hydroxylation is 2. The number of carbonyl (C=O) groups is 1. The number of anilines is 1. The molecule has 6 nitrogen and oxygen atoms in total. The third kappa shape index (κ3) is 2.77. The highest BCUT2D eigenvalue weighted by Crippen LogP contribution is 2.35. The van der Waals surface area contributed by atoms with E-state index in [9.17, 15) is 4.79 Å². The maximum absolute atomic E-state index is 12.1. The van der Waals surface area contributed by atoms with Crippen LogP contribution in [0.15, 0.2) is 30.3 Å². The predicted octanol–water partition coefficient (Wildman–Crippen LogP) is 2.41. The van der Waals surface area contributed by atoms with Crippen molar-refractivity contribution in [3.8, 4) is 5.75 Å². The summed E-state index contributed by atoms with van der Waals surface area (Å²) in [6, 6.07) is 9.49. The van der Waals surface area contributed by atoms with Crippen LogP contribution in [0.5, 0.6) is 5.75 Å². The molecule has 0 bridgehead atoms. The van der Waals surface area contributed by atoms with Crippen LogP contribution in [0.2, 0.25) is 0 Å². The molecule has 0 spiro atoms. The lowest BCUT2D eigenvalue weighted by Crippen LogP contribution is -2.40. The van der Waals surface area contributed by atoms with Crippen molar-refractivity contribution in [3.05, 3.63) is 41.6 Å². The van der Waals surface area contributed by atoms with Gasteiger partial charge in [-0.15, -0.1) is 0 Å². The first-order valence-corrected chi connectivity index (χ1v) is 7.34. The van der Waals surface area contributed by atoms with Crippen LogP contribution in [0.3, 0.4) is 0 Å². The number of rotatable bonds is 3. The van der Waals surface area contributed by atoms with Crippen LogP contribution in [-0.2, 0) is 7.05 Å². The van der Waals surface area contributed by atoms with E-state index >= 15 is 0 Å². The van der Waals surface area contributed by atoms with Crippen LogP contribution in [0, 0.1) is 6.92 Å². The number of amides is 2. The van der Waals surface area contributed by atoms with E-state index in [4.69, 9.17) is 4.74 Å². The average Bonchev–Trinajstić information content (AvgIpc) is 3.02. The summed E-state index contributed by atoms with van der Waals surface area (Å²) in [7, 11) is 1.84. The Morgan fingerprint density at radius 3 is 2.95 bits per heavy atom. The van der Waals surface area contributed by atoms with Gasteiger partial charge < -0.3 is 10.1 Å². The summed E-state index contributed by atoms with van der Waals surface area (Å²) in [6.45, 7) is 4.51. The molecule has 2 aromatic rings. The number of nitrogens with zero attached hydrogens (tertiary/aromatic N) is 2. The number of ether oxygens (including phenoxy) is 1. The zero-order valence-electron chi connectivity index (χ0n) is 13.0. The number of hydrogen-bond acceptors (Lipinski definition) is 3. The molecule has 0 aliphatic carbocycles. The number of para-hydroxylation sites is 1. The molecule has 1 aliphatic heterocycles. The zero-order chi connectivity index (χ0) is 15.7. The SMILES string of the molecule is Cc1cc(NC(=O)N[C@@H](C)[C@@H]2COc3ccccc32)nn1C. The fraction of sp³-hybridized carbons (Fsp3) is 0.375. The first-order chi connectivity index (χ1) is 10.5. The normalized spacial score (nSPS) is 17.5. The molecule has 6 heteroatoms. The van der Waals surface area contributed by atoms with Crippen LogP contribution in [0.25, 0.3) is 0 Å². The van der Waals surface area contributed by atoms with E-state index in [-0.39, 0.29) is 18.0 Å². The lowest BCUT2D eigenvalue weighted by atomic mass is 9.94. The molecule has 22 heavy (non-hydrogen) atoms. The standard InChI is InChI=1S/C16H20N4O2/c1-10-8-15(19-20(10)3)18-16(21)17-11(2)13-9-22-14-7-5-4-6-12(13)14/h4-8,11,13H,9H2,1-3H3,(H2,17,18,19,21)/t11-,13-/m0/s1. The highest BCUT2D eigenvalue weighted by atomic mass is 16.5. The van der Waals surface area contributed by atoms with Crippen LogP contribution in [-0.4, -0.2) is 28.5 Å². The molecule has 0 fully saturated rings. The lowest BCUT2D eigenvalue weighted by molar-refractivity contribution is 0.244. The van der Waals surface area contributed by atoms with Gasteiger partial charge in [-0.25, -0.2) is 4.79 Å². The van der Waals surface area contributed by atoms with Crippen molar-refractivity contribution in [2.24, 2.45) is 7.05 Å². The zero-order valence-corrected chi connectivity index (χ0v) is 13.0. The molecule has 1 aromatic heterocycles. The van der Waals surface area contributed by atoms with Crippen molar-refractivity contribution in [2.75, 3.05) is 11.9 Å². The van der Waals surface area contributed by atoms with Gasteiger partial charge in [-0.1, -0.05) is 18.2 Å². The van der Waals surface area contributed by atoms with Crippen molar-refractivity contribution in [1.82, 2.24) is 15.1 Å². The van der Waals surface area contributed by atoms with Crippen LogP contribution < -0.4 is 15.4 Å². The minimum Gasteiger partial charge on any atom is -0.493 e. The minimum atomic E-state index is -0.255. The van der Waals surface area contributed by atoms with Crippen LogP contribution in [0.1, 0.15) is 24.1 Å². The fourth-order valence-corrected chi connectivity index (χ4v) is 2.68. The maximum atomic E-state index is 12.1. The van der Waals surface area contributed by atoms with Gasteiger partial charge in [0.05, 0.1) is 6.61 Å². The van der Waals surface area contributed by atoms with Crippen molar-refractivity contribution in [3.63, 3.8) is 0 Å². The van der Waals surface area contributed by atoms with E-state index in [1.165, 1.54) is 0 Å². The molecule has 2 atom stereocenters. The van der Waals surface area contributed by atoms with Gasteiger partial charge in [-0.2, -0.15) is 5.10 Å². The van der Waals surface area contributed by atoms with E-state index in [0.717, 1.165) is 17.0 Å². The second kappa shape index (κ2) is 5.71. The van der Waals surface area contributed by atoms with Crippen LogP contribution in [0.4, 0.5) is 10.6 Å². The summed E-state index contributed by atoms with van der Waals surface area (Å²) in [5, 5.41) is 9.93. The van der Waals surface area contributed by atoms with Crippen molar-refractivity contribution in [2.45, 2.75) is 25.8 Å². The Hall–Kier alpha value is -2.50. The van der Waals surface area contributed by atoms with E-state index < -0.39 is 0 Å². The molecule has 2 heterocycles. The third-order valence-electron chi connectivity index (χ3n) is 4.05. The highest BCUT2D eigenvalue weighted by Gasteiger charge is 2.29. The Kier molecular flexibility index (Phi) is 3.75. The Bertz CT molecular complexity index is 676. The molecule has 0 radical (unpaired) electrons. The quantitative estimate of drug-likeness (QED) is 0.914. The highest BCUT2D eigenvalue weighted by molar-refractivity contribution is 5.88. The number of urea groups is 1. The monoisotopic (exact) mass is 300 g/mol. The molecule has 2 amide bonds. The summed E-state index contributed by atoms with van der Waals surface area (Å²) < 4.78 is 7.39. The Balaban J connectivity index is 1.62. The number of fused-ring (bicyclic) bond motifs is 1. The first-order valence-electron chi connectivity index (χ1n) is 7.34. The summed E-state index contributed by atoms with van der Waals surface area (Å²) in [6.07, 6.45) is 0. The van der Waals surface area contributed by atoms with Gasteiger partial charge in [-0.05, 0) is 19.9 Å². The smallest absolute Gasteiger partial charge is 0.320 e. The third-order valence-corrected chi connectivity index (χ3v) is 4.05. The van der Waals surface area contributed by atoms with Gasteiger partial charge in [0.25, 0.3) is 0 Å². The van der Waals surface area contributed by atoms with Gasteiger partial charge in [0.1, 0.15) is 5.75 Å². The van der Waals surface area contributed by atoms with E-state index in [0.29, 0.717) is 12.4 Å². The van der Waals surface area contributed by atoms with Crippen molar-refractivity contribution in [1.29, 1.82) is 0 Å². The topological polar surface area (TPSA) is 68.2 Å². The molecule has 0 saturated carbocycles. The van der Waals surface area contributed by atoms with E-state index in [1.807, 2.05) is 51.2 Å². The number of hydrogen-bond donors (Lipinski definition) is 2. The number of aromatic nitrogens is 2. The predicted molar refractivity (Wildman–Crippen MR) is 84.2 cm³/mol. The van der Waals surface area contributed by atoms with Crippen molar-refractivity contribution >= 4 is 11.8 Å². The van der Waals surface area contributed by atoms with Gasteiger partial charge >= 0.3 is 6.03 Å². The molecule has 1 aromatic carbocycles. The Labute approximate surface area is 129 Å². The molecule has 116 valence electrons. The molecule has 3 rings (SSSR count). The second-order valence-corrected chi connectivity index (χ2v) is 5.64. The fourth-order valence-electron chi connectivity index (χ4n) is 2.68. The first kappa shape index (κ1) is 14.4. The summed E-state index contributed by atoms with van der Waals surface area (Å²) in [5.41, 5.74) is 2.13. The molecule has 0 saturated heterocycles. The minimum absolute atomic E-state index is 0.0338. The lowest BCUT2D eigenvalue weighted by Gasteiger charge is -2.19. The molecular weight excluding hydrogens is 280 g/mol. The van der Waals surface area contributed by atoms with Crippen LogP contribution >= 0.6 is 0 Å². The second-order valence-electron chi connectivity index (χ2n) is 5.64. The van der Waals surface area contributed by atoms with E-state index in [2.05, 4.69) is 15.7 Å². The van der Waals surface area contributed by atoms with Crippen molar-refractivity contribution < 1.29 is 9.53 Å². The van der Waals surface area contributed by atoms with Gasteiger partial charge in [0, 0.05) is 36.3 Å². The largest absolute Gasteiger partial charge is 0.493 e. The molecule has 2 N–H and O–H groups in total. The summed E-state index contributed by atoms with van der Waals surface area (Å²) in [4.78, 5) is 12.1. The average molecular weight is 300 g/mol. The molecular formula is C16H20N4O2. The number of benzene rings is 1.